The zero-order chi connectivity index (χ0) is 31.1. The van der Waals surface area contributed by atoms with Gasteiger partial charge in [-0.1, -0.05) is 0 Å². The lowest BCUT2D eigenvalue weighted by Gasteiger charge is -2.20. The molecule has 0 aromatic heterocycles. The third kappa shape index (κ3) is 6.41. The quantitative estimate of drug-likeness (QED) is 0.130. The van der Waals surface area contributed by atoms with Gasteiger partial charge < -0.3 is 67.8 Å². The van der Waals surface area contributed by atoms with Crippen molar-refractivity contribution in [1.29, 1.82) is 0 Å². The molecular weight excluding hydrogens is 600 g/mol. The van der Waals surface area contributed by atoms with Crippen LogP contribution >= 0.6 is 0 Å². The molecule has 0 aromatic rings. The van der Waals surface area contributed by atoms with Crippen molar-refractivity contribution in [3.8, 4) is 0 Å². The SMILES string of the molecule is O=C(CC(O)C(=O)OC1COC2C(OC(=O)CC(O)C(=O)OC3COC4C(O)COC34)COC12)OC1COC2C(O)COC12. The van der Waals surface area contributed by atoms with Crippen LogP contribution in [0.25, 0.3) is 0 Å². The Morgan fingerprint density at radius 2 is 0.795 bits per heavy atom. The molecule has 0 saturated carbocycles. The van der Waals surface area contributed by atoms with Crippen molar-refractivity contribution >= 4 is 23.9 Å². The first kappa shape index (κ1) is 31.5. The minimum absolute atomic E-state index is 0.00514. The van der Waals surface area contributed by atoms with Gasteiger partial charge in [0, 0.05) is 0 Å². The monoisotopic (exact) mass is 634 g/mol. The molecule has 0 spiro atoms. The number of aliphatic hydroxyl groups excluding tert-OH is 4. The predicted molar refractivity (Wildman–Crippen MR) is 131 cm³/mol. The number of ether oxygens (including phenoxy) is 10. The number of carbonyl (C=O) groups excluding carboxylic acids is 4. The molecule has 18 heteroatoms. The zero-order valence-corrected chi connectivity index (χ0v) is 23.2. The molecule has 0 aromatic carbocycles. The molecule has 44 heavy (non-hydrogen) atoms. The van der Waals surface area contributed by atoms with Gasteiger partial charge in [-0.3, -0.25) is 9.59 Å². The van der Waals surface area contributed by atoms with Crippen LogP contribution in [0.5, 0.6) is 0 Å². The number of esters is 4. The molecule has 14 unspecified atom stereocenters. The molecule has 0 amide bonds. The first-order valence-corrected chi connectivity index (χ1v) is 14.3. The fraction of sp³-hybridized carbons (Fsp3) is 0.846. The number of aliphatic hydroxyl groups is 4. The van der Waals surface area contributed by atoms with Crippen LogP contribution in [0.2, 0.25) is 0 Å². The number of fused-ring (bicyclic) bond motifs is 3. The van der Waals surface area contributed by atoms with Gasteiger partial charge in [-0.25, -0.2) is 9.59 Å². The van der Waals surface area contributed by atoms with E-state index in [0.29, 0.717) is 0 Å². The van der Waals surface area contributed by atoms with Gasteiger partial charge in [-0.15, -0.1) is 0 Å². The second kappa shape index (κ2) is 13.1. The maximum absolute atomic E-state index is 12.5. The molecular formula is C26H34O18. The van der Waals surface area contributed by atoms with Gasteiger partial charge in [-0.05, 0) is 0 Å². The van der Waals surface area contributed by atoms with Crippen LogP contribution in [-0.2, 0) is 66.5 Å². The van der Waals surface area contributed by atoms with Crippen LogP contribution in [0.1, 0.15) is 12.8 Å². The summed E-state index contributed by atoms with van der Waals surface area (Å²) in [6, 6.07) is 0. The molecule has 18 nitrogen and oxygen atoms in total. The Morgan fingerprint density at radius 3 is 1.18 bits per heavy atom. The number of hydrogen-bond donors (Lipinski definition) is 4. The van der Waals surface area contributed by atoms with Crippen LogP contribution in [0, 0.1) is 0 Å². The zero-order valence-electron chi connectivity index (χ0n) is 23.2. The highest BCUT2D eigenvalue weighted by atomic mass is 16.7. The summed E-state index contributed by atoms with van der Waals surface area (Å²) in [7, 11) is 0. The number of hydrogen-bond acceptors (Lipinski definition) is 18. The molecule has 4 N–H and O–H groups in total. The van der Waals surface area contributed by atoms with Gasteiger partial charge in [0.25, 0.3) is 0 Å². The summed E-state index contributed by atoms with van der Waals surface area (Å²) < 4.78 is 53.7. The summed E-state index contributed by atoms with van der Waals surface area (Å²) in [6.07, 6.45) is -14.6. The third-order valence-electron chi connectivity index (χ3n) is 8.29. The average Bonchev–Trinajstić information content (AvgIpc) is 3.81. The van der Waals surface area contributed by atoms with Crippen LogP contribution in [0.15, 0.2) is 0 Å². The third-order valence-corrected chi connectivity index (χ3v) is 8.29. The maximum atomic E-state index is 12.5. The number of rotatable bonds is 10. The Labute approximate surface area is 249 Å². The maximum Gasteiger partial charge on any atom is 0.336 e. The van der Waals surface area contributed by atoms with E-state index < -0.39 is 122 Å². The lowest BCUT2D eigenvalue weighted by molar-refractivity contribution is -0.171. The Balaban J connectivity index is 0.907. The van der Waals surface area contributed by atoms with Crippen molar-refractivity contribution in [2.45, 2.75) is 98.3 Å². The minimum Gasteiger partial charge on any atom is -0.457 e. The summed E-state index contributed by atoms with van der Waals surface area (Å²) in [6.45, 7) is -0.225. The summed E-state index contributed by atoms with van der Waals surface area (Å²) in [5, 5.41) is 40.0. The van der Waals surface area contributed by atoms with Crippen LogP contribution in [0.3, 0.4) is 0 Å². The average molecular weight is 635 g/mol. The molecule has 6 rings (SSSR count). The molecule has 6 aliphatic heterocycles. The van der Waals surface area contributed by atoms with Gasteiger partial charge in [0.1, 0.15) is 48.8 Å². The van der Waals surface area contributed by atoms with E-state index >= 15 is 0 Å². The van der Waals surface area contributed by atoms with Gasteiger partial charge in [0.05, 0.1) is 52.5 Å². The molecule has 0 bridgehead atoms. The largest absolute Gasteiger partial charge is 0.457 e. The fourth-order valence-corrected chi connectivity index (χ4v) is 6.09. The van der Waals surface area contributed by atoms with Crippen molar-refractivity contribution in [3.63, 3.8) is 0 Å². The first-order valence-electron chi connectivity index (χ1n) is 14.3. The summed E-state index contributed by atoms with van der Waals surface area (Å²) in [4.78, 5) is 49.5. The molecule has 6 saturated heterocycles. The summed E-state index contributed by atoms with van der Waals surface area (Å²) in [5.41, 5.74) is 0. The second-order valence-corrected chi connectivity index (χ2v) is 11.4. The van der Waals surface area contributed by atoms with Crippen molar-refractivity contribution in [2.24, 2.45) is 0 Å². The Bertz CT molecular complexity index is 1100. The Kier molecular flexibility index (Phi) is 9.35. The first-order chi connectivity index (χ1) is 21.1. The highest BCUT2D eigenvalue weighted by Gasteiger charge is 2.53. The molecule has 14 atom stereocenters. The van der Waals surface area contributed by atoms with Crippen molar-refractivity contribution in [2.75, 3.05) is 39.6 Å². The smallest absolute Gasteiger partial charge is 0.336 e. The van der Waals surface area contributed by atoms with Crippen molar-refractivity contribution in [1.82, 2.24) is 0 Å². The van der Waals surface area contributed by atoms with Crippen molar-refractivity contribution < 1.29 is 87.0 Å². The Hall–Kier alpha value is -2.52. The molecule has 246 valence electrons. The van der Waals surface area contributed by atoms with E-state index in [2.05, 4.69) is 0 Å². The molecule has 0 radical (unpaired) electrons. The van der Waals surface area contributed by atoms with E-state index in [0.717, 1.165) is 0 Å². The molecule has 6 fully saturated rings. The summed E-state index contributed by atoms with van der Waals surface area (Å²) >= 11 is 0. The van der Waals surface area contributed by atoms with E-state index in [9.17, 15) is 39.6 Å². The van der Waals surface area contributed by atoms with Crippen LogP contribution < -0.4 is 0 Å². The van der Waals surface area contributed by atoms with Gasteiger partial charge >= 0.3 is 23.9 Å². The molecule has 0 aliphatic carbocycles. The fourth-order valence-electron chi connectivity index (χ4n) is 6.09. The lowest BCUT2D eigenvalue weighted by atomic mass is 10.1. The van der Waals surface area contributed by atoms with E-state index in [4.69, 9.17) is 47.4 Å². The van der Waals surface area contributed by atoms with E-state index in [1.165, 1.54) is 0 Å². The minimum atomic E-state index is -1.85. The van der Waals surface area contributed by atoms with Gasteiger partial charge in [0.2, 0.25) is 0 Å². The van der Waals surface area contributed by atoms with Gasteiger partial charge in [-0.2, -0.15) is 0 Å². The van der Waals surface area contributed by atoms with Crippen LogP contribution in [-0.4, -0.2) is 169 Å². The van der Waals surface area contributed by atoms with E-state index in [1.54, 1.807) is 0 Å². The normalized spacial score (nSPS) is 41.8. The van der Waals surface area contributed by atoms with E-state index in [-0.39, 0.29) is 39.6 Å². The predicted octanol–water partition coefficient (Wildman–Crippen LogP) is -4.75. The van der Waals surface area contributed by atoms with Crippen LogP contribution in [0.4, 0.5) is 0 Å². The van der Waals surface area contributed by atoms with Gasteiger partial charge in [0.15, 0.2) is 36.6 Å². The molecule has 6 heterocycles. The molecule has 6 aliphatic rings. The Morgan fingerprint density at radius 1 is 0.500 bits per heavy atom. The summed E-state index contributed by atoms with van der Waals surface area (Å²) in [5.74, 6) is -4.03. The number of carbonyl (C=O) groups is 4. The standard InChI is InChI=1S/C26H34O18/c27-9(25(33)43-15-7-38-20-12(30)4-36-22(15)20)2-18(32)42-14-6-39-24-16(8-40-23(14)24)44-26(34)10(28)1-17(31)41-13-5-37-19-11(29)3-35-21(13)19/h9-16,19-24,27-30H,1-8H2. The topological polar surface area (TPSA) is 241 Å². The highest BCUT2D eigenvalue weighted by molar-refractivity contribution is 5.82. The van der Waals surface area contributed by atoms with Crippen molar-refractivity contribution in [3.05, 3.63) is 0 Å². The highest BCUT2D eigenvalue weighted by Crippen LogP contribution is 2.32. The second-order valence-electron chi connectivity index (χ2n) is 11.4. The van der Waals surface area contributed by atoms with E-state index in [1.807, 2.05) is 0 Å². The lowest BCUT2D eigenvalue weighted by Crippen LogP contribution is -2.39.